The summed E-state index contributed by atoms with van der Waals surface area (Å²) in [6.07, 6.45) is 1.69. The van der Waals surface area contributed by atoms with Crippen molar-refractivity contribution in [1.82, 2.24) is 5.48 Å². The number of hydroxylamine groups is 1. The molecule has 10 nitrogen and oxygen atoms in total. The second-order valence-electron chi connectivity index (χ2n) is 3.48. The van der Waals surface area contributed by atoms with Gasteiger partial charge in [0, 0.05) is 25.7 Å². The van der Waals surface area contributed by atoms with Gasteiger partial charge in [0.15, 0.2) is 0 Å². The first-order valence-corrected chi connectivity index (χ1v) is 5.59. The van der Waals surface area contributed by atoms with Crippen LogP contribution in [0.25, 0.3) is 0 Å². The summed E-state index contributed by atoms with van der Waals surface area (Å²) in [6.45, 7) is 0. The minimum Gasteiger partial charge on any atom is -0.481 e. The van der Waals surface area contributed by atoms with Crippen molar-refractivity contribution in [3.8, 4) is 0 Å². The quantitative estimate of drug-likeness (QED) is 0.194. The number of esters is 2. The van der Waals surface area contributed by atoms with Crippen LogP contribution in [0.1, 0.15) is 38.5 Å². The van der Waals surface area contributed by atoms with E-state index in [9.17, 15) is 19.2 Å². The molecule has 20 heavy (non-hydrogen) atoms. The molecule has 1 aliphatic rings. The van der Waals surface area contributed by atoms with Gasteiger partial charge in [0.2, 0.25) is 5.91 Å². The molecular formula is C10H18N2O8. The number of nitrogens with one attached hydrogen (secondary N) is 1. The summed E-state index contributed by atoms with van der Waals surface area (Å²) in [5, 5.41) is 22.6. The Morgan fingerprint density at radius 3 is 1.95 bits per heavy atom. The third-order valence-corrected chi connectivity index (χ3v) is 1.91. The van der Waals surface area contributed by atoms with Crippen molar-refractivity contribution in [3.05, 3.63) is 0 Å². The fourth-order valence-electron chi connectivity index (χ4n) is 1.06. The van der Waals surface area contributed by atoms with Crippen LogP contribution in [0.3, 0.4) is 0 Å². The lowest BCUT2D eigenvalue weighted by Gasteiger charge is -2.06. The number of rotatable bonds is 4. The fraction of sp³-hybridized carbons (Fsp3) is 0.600. The van der Waals surface area contributed by atoms with Crippen LogP contribution in [0.2, 0.25) is 0 Å². The molecule has 0 bridgehead atoms. The molecule has 0 unspecified atom stereocenters. The summed E-state index contributed by atoms with van der Waals surface area (Å²) in [6, 6.07) is 0. The van der Waals surface area contributed by atoms with E-state index in [0.29, 0.717) is 19.3 Å². The lowest BCUT2D eigenvalue weighted by molar-refractivity contribution is -0.163. The zero-order valence-corrected chi connectivity index (χ0v) is 10.7. The van der Waals surface area contributed by atoms with Gasteiger partial charge in [-0.1, -0.05) is 0 Å². The molecule has 0 atom stereocenters. The van der Waals surface area contributed by atoms with Gasteiger partial charge in [0.05, 0.1) is 0 Å². The standard InChI is InChI=1S/C5H9NO4.C5H6O3.H3NO/c7-4(6-10)2-1-3-5(8)9;6-4-2-1-3-5(7)8-4;1-2/h10H,1-3H2,(H,6,7)(H,8,9);1-3H2;2H,1H2. The van der Waals surface area contributed by atoms with Gasteiger partial charge in [-0.15, -0.1) is 0 Å². The number of carboxylic acids is 1. The second-order valence-corrected chi connectivity index (χ2v) is 3.48. The van der Waals surface area contributed by atoms with Crippen LogP contribution < -0.4 is 11.4 Å². The maximum absolute atomic E-state index is 10.2. The number of amides is 1. The van der Waals surface area contributed by atoms with Gasteiger partial charge in [-0.25, -0.2) is 11.4 Å². The average molecular weight is 294 g/mol. The van der Waals surface area contributed by atoms with E-state index in [-0.39, 0.29) is 31.2 Å². The third-order valence-electron chi connectivity index (χ3n) is 1.91. The van der Waals surface area contributed by atoms with E-state index in [1.165, 1.54) is 5.48 Å². The van der Waals surface area contributed by atoms with Crippen LogP contribution in [-0.2, 0) is 23.9 Å². The lowest BCUT2D eigenvalue weighted by atomic mass is 10.2. The zero-order valence-electron chi connectivity index (χ0n) is 10.7. The van der Waals surface area contributed by atoms with Crippen molar-refractivity contribution in [3.63, 3.8) is 0 Å². The molecule has 0 spiro atoms. The van der Waals surface area contributed by atoms with Gasteiger partial charge in [-0.2, -0.15) is 0 Å². The Morgan fingerprint density at radius 2 is 1.65 bits per heavy atom. The van der Waals surface area contributed by atoms with Crippen LogP contribution >= 0.6 is 0 Å². The first-order valence-electron chi connectivity index (χ1n) is 5.59. The molecule has 0 aromatic carbocycles. The van der Waals surface area contributed by atoms with Gasteiger partial charge >= 0.3 is 17.9 Å². The SMILES string of the molecule is NO.O=C(O)CCCC(=O)NO.O=C1CCCC(=O)O1. The number of nitrogens with two attached hydrogens (primary N) is 1. The van der Waals surface area contributed by atoms with Gasteiger partial charge < -0.3 is 15.1 Å². The predicted octanol–water partition coefficient (Wildman–Crippen LogP) is -0.679. The predicted molar refractivity (Wildman–Crippen MR) is 62.3 cm³/mol. The van der Waals surface area contributed by atoms with Crippen molar-refractivity contribution < 1.29 is 39.4 Å². The number of cyclic esters (lactones) is 2. The minimum atomic E-state index is -0.939. The Hall–Kier alpha value is -2.04. The Morgan fingerprint density at radius 1 is 1.15 bits per heavy atom. The van der Waals surface area contributed by atoms with E-state index in [4.69, 9.17) is 15.5 Å². The number of carbonyl (C=O) groups excluding carboxylic acids is 3. The van der Waals surface area contributed by atoms with Gasteiger partial charge in [-0.05, 0) is 12.8 Å². The Balaban J connectivity index is 0. The lowest BCUT2D eigenvalue weighted by Crippen LogP contribution is -2.18. The molecule has 6 N–H and O–H groups in total. The van der Waals surface area contributed by atoms with E-state index in [0.717, 1.165) is 0 Å². The Labute approximate surface area is 114 Å². The van der Waals surface area contributed by atoms with Crippen LogP contribution in [0, 0.1) is 0 Å². The molecule has 0 aromatic rings. The van der Waals surface area contributed by atoms with Crippen molar-refractivity contribution in [2.45, 2.75) is 38.5 Å². The fourth-order valence-corrected chi connectivity index (χ4v) is 1.06. The van der Waals surface area contributed by atoms with Crippen LogP contribution in [0.15, 0.2) is 0 Å². The third kappa shape index (κ3) is 14.0. The summed E-state index contributed by atoms with van der Waals surface area (Å²) < 4.78 is 4.21. The summed E-state index contributed by atoms with van der Waals surface area (Å²) in [7, 11) is 0. The molecule has 0 aromatic heterocycles. The van der Waals surface area contributed by atoms with Crippen LogP contribution in [-0.4, -0.2) is 39.3 Å². The maximum Gasteiger partial charge on any atom is 0.313 e. The number of aliphatic carboxylic acids is 1. The molecule has 1 rings (SSSR count). The minimum absolute atomic E-state index is 0.0444. The molecule has 1 amide bonds. The summed E-state index contributed by atoms with van der Waals surface area (Å²) in [5.74, 6) is 1.23. The highest BCUT2D eigenvalue weighted by molar-refractivity contribution is 5.87. The molecule has 0 aliphatic carbocycles. The summed E-state index contributed by atoms with van der Waals surface area (Å²) in [5.41, 5.74) is 1.41. The van der Waals surface area contributed by atoms with Crippen molar-refractivity contribution in [2.75, 3.05) is 0 Å². The monoisotopic (exact) mass is 294 g/mol. The number of carboxylic acid groups (broad SMARTS) is 1. The molecule has 0 radical (unpaired) electrons. The molecule has 1 fully saturated rings. The first-order chi connectivity index (χ1) is 9.45. The molecular weight excluding hydrogens is 276 g/mol. The molecule has 0 saturated carbocycles. The van der Waals surface area contributed by atoms with E-state index >= 15 is 0 Å². The molecule has 10 heteroatoms. The van der Waals surface area contributed by atoms with Crippen molar-refractivity contribution >= 4 is 23.8 Å². The number of ether oxygens (including phenoxy) is 1. The molecule has 116 valence electrons. The number of hydrogen-bond donors (Lipinski definition) is 5. The highest BCUT2D eigenvalue weighted by Gasteiger charge is 2.15. The largest absolute Gasteiger partial charge is 0.481 e. The average Bonchev–Trinajstić information content (AvgIpc) is 2.41. The zero-order chi connectivity index (χ0) is 16.0. The molecule has 1 aliphatic heterocycles. The van der Waals surface area contributed by atoms with Crippen molar-refractivity contribution in [2.24, 2.45) is 5.90 Å². The van der Waals surface area contributed by atoms with Crippen LogP contribution in [0.5, 0.6) is 0 Å². The summed E-state index contributed by atoms with van der Waals surface area (Å²) >= 11 is 0. The maximum atomic E-state index is 10.2. The van der Waals surface area contributed by atoms with Gasteiger partial charge in [0.1, 0.15) is 0 Å². The van der Waals surface area contributed by atoms with E-state index < -0.39 is 11.9 Å². The second kappa shape index (κ2) is 13.4. The summed E-state index contributed by atoms with van der Waals surface area (Å²) in [4.78, 5) is 40.6. The van der Waals surface area contributed by atoms with E-state index in [2.05, 4.69) is 10.6 Å². The number of carbonyl (C=O) groups is 4. The highest BCUT2D eigenvalue weighted by atomic mass is 16.6. The normalized spacial score (nSPS) is 12.9. The van der Waals surface area contributed by atoms with E-state index in [1.54, 1.807) is 0 Å². The smallest absolute Gasteiger partial charge is 0.313 e. The molecule has 1 saturated heterocycles. The Bertz CT molecular complexity index is 317. The topological polar surface area (TPSA) is 176 Å². The first kappa shape index (κ1) is 20.3. The molecule has 1 heterocycles. The van der Waals surface area contributed by atoms with Crippen LogP contribution in [0.4, 0.5) is 0 Å². The van der Waals surface area contributed by atoms with Gasteiger partial charge in [0.25, 0.3) is 0 Å². The number of hydrogen-bond acceptors (Lipinski definition) is 8. The van der Waals surface area contributed by atoms with Gasteiger partial charge in [-0.3, -0.25) is 24.4 Å². The Kier molecular flexibility index (Phi) is 13.6. The highest BCUT2D eigenvalue weighted by Crippen LogP contribution is 2.06. The van der Waals surface area contributed by atoms with Crippen molar-refractivity contribution in [1.29, 1.82) is 0 Å². The van der Waals surface area contributed by atoms with E-state index in [1.807, 2.05) is 0 Å².